The van der Waals surface area contributed by atoms with Crippen molar-refractivity contribution < 1.29 is 9.59 Å². The van der Waals surface area contributed by atoms with Crippen LogP contribution in [0.1, 0.15) is 24.0 Å². The first kappa shape index (κ1) is 20.7. The summed E-state index contributed by atoms with van der Waals surface area (Å²) in [5, 5.41) is 11.7. The third-order valence-corrected chi connectivity index (χ3v) is 4.30. The molecule has 0 spiro atoms. The fourth-order valence-corrected chi connectivity index (χ4v) is 3.00. The number of urea groups is 1. The molecule has 0 bridgehead atoms. The molecule has 0 saturated carbocycles. The Morgan fingerprint density at radius 1 is 1.07 bits per heavy atom. The molecule has 27 heavy (non-hydrogen) atoms. The SMILES string of the molecule is Cc1cccc(NC(=O)Nc2cccc(CNC(=O)C3CCCN3)c2)c1.Cl. The molecular formula is C20H25ClN4O2. The van der Waals surface area contributed by atoms with Gasteiger partial charge in [0.15, 0.2) is 0 Å². The second-order valence-electron chi connectivity index (χ2n) is 6.52. The average molecular weight is 389 g/mol. The number of aryl methyl sites for hydroxylation is 1. The molecule has 6 nitrogen and oxygen atoms in total. The summed E-state index contributed by atoms with van der Waals surface area (Å²) < 4.78 is 0. The molecule has 1 fully saturated rings. The van der Waals surface area contributed by atoms with Crippen LogP contribution in [0.2, 0.25) is 0 Å². The lowest BCUT2D eigenvalue weighted by Gasteiger charge is -2.12. The predicted octanol–water partition coefficient (Wildman–Crippen LogP) is 3.43. The van der Waals surface area contributed by atoms with Gasteiger partial charge in [0, 0.05) is 17.9 Å². The summed E-state index contributed by atoms with van der Waals surface area (Å²) in [7, 11) is 0. The lowest BCUT2D eigenvalue weighted by molar-refractivity contribution is -0.122. The van der Waals surface area contributed by atoms with Crippen molar-refractivity contribution in [2.45, 2.75) is 32.4 Å². The maximum Gasteiger partial charge on any atom is 0.323 e. The highest BCUT2D eigenvalue weighted by Gasteiger charge is 2.21. The smallest absolute Gasteiger partial charge is 0.323 e. The van der Waals surface area contributed by atoms with Gasteiger partial charge >= 0.3 is 6.03 Å². The molecule has 1 aliphatic rings. The van der Waals surface area contributed by atoms with Gasteiger partial charge in [-0.2, -0.15) is 0 Å². The number of hydrogen-bond donors (Lipinski definition) is 4. The minimum absolute atomic E-state index is 0. The van der Waals surface area contributed by atoms with Gasteiger partial charge in [0.1, 0.15) is 0 Å². The van der Waals surface area contributed by atoms with E-state index < -0.39 is 0 Å². The summed E-state index contributed by atoms with van der Waals surface area (Å²) >= 11 is 0. The third-order valence-electron chi connectivity index (χ3n) is 4.30. The van der Waals surface area contributed by atoms with Crippen molar-refractivity contribution in [3.05, 3.63) is 59.7 Å². The highest BCUT2D eigenvalue weighted by molar-refractivity contribution is 5.99. The van der Waals surface area contributed by atoms with Gasteiger partial charge in [0.25, 0.3) is 0 Å². The Kier molecular flexibility index (Phi) is 7.64. The van der Waals surface area contributed by atoms with E-state index >= 15 is 0 Å². The summed E-state index contributed by atoms with van der Waals surface area (Å²) in [6.07, 6.45) is 1.92. The lowest BCUT2D eigenvalue weighted by atomic mass is 10.2. The van der Waals surface area contributed by atoms with E-state index in [0.29, 0.717) is 12.2 Å². The first-order valence-corrected chi connectivity index (χ1v) is 8.85. The molecule has 144 valence electrons. The van der Waals surface area contributed by atoms with Crippen molar-refractivity contribution in [1.82, 2.24) is 10.6 Å². The number of nitrogens with one attached hydrogen (secondary N) is 4. The van der Waals surface area contributed by atoms with E-state index in [1.165, 1.54) is 0 Å². The van der Waals surface area contributed by atoms with Crippen molar-refractivity contribution >= 4 is 35.7 Å². The van der Waals surface area contributed by atoms with Gasteiger partial charge < -0.3 is 21.3 Å². The number of carbonyl (C=O) groups is 2. The molecule has 0 aromatic heterocycles. The number of benzene rings is 2. The summed E-state index contributed by atoms with van der Waals surface area (Å²) in [5.74, 6) is 0.0260. The van der Waals surface area contributed by atoms with Gasteiger partial charge in [0.05, 0.1) is 6.04 Å². The molecule has 1 unspecified atom stereocenters. The van der Waals surface area contributed by atoms with Gasteiger partial charge in [-0.25, -0.2) is 4.79 Å². The van der Waals surface area contributed by atoms with Crippen LogP contribution in [0.3, 0.4) is 0 Å². The zero-order chi connectivity index (χ0) is 18.4. The van der Waals surface area contributed by atoms with Crippen LogP contribution in [-0.2, 0) is 11.3 Å². The van der Waals surface area contributed by atoms with Crippen LogP contribution in [0.4, 0.5) is 16.2 Å². The Morgan fingerprint density at radius 3 is 2.44 bits per heavy atom. The topological polar surface area (TPSA) is 82.3 Å². The number of rotatable bonds is 5. The summed E-state index contributed by atoms with van der Waals surface area (Å²) in [6, 6.07) is 14.7. The highest BCUT2D eigenvalue weighted by Crippen LogP contribution is 2.13. The molecule has 4 N–H and O–H groups in total. The molecule has 0 radical (unpaired) electrons. The number of carbonyl (C=O) groups excluding carboxylic acids is 2. The molecule has 7 heteroatoms. The molecule has 1 saturated heterocycles. The number of hydrogen-bond acceptors (Lipinski definition) is 3. The van der Waals surface area contributed by atoms with Crippen LogP contribution < -0.4 is 21.3 Å². The average Bonchev–Trinajstić information content (AvgIpc) is 3.14. The second-order valence-corrected chi connectivity index (χ2v) is 6.52. The highest BCUT2D eigenvalue weighted by atomic mass is 35.5. The largest absolute Gasteiger partial charge is 0.351 e. The van der Waals surface area contributed by atoms with Gasteiger partial charge in [-0.1, -0.05) is 24.3 Å². The van der Waals surface area contributed by atoms with Crippen LogP contribution in [0.25, 0.3) is 0 Å². The van der Waals surface area contributed by atoms with Crippen LogP contribution >= 0.6 is 12.4 Å². The van der Waals surface area contributed by atoms with Gasteiger partial charge in [-0.15, -0.1) is 12.4 Å². The first-order valence-electron chi connectivity index (χ1n) is 8.85. The van der Waals surface area contributed by atoms with Crippen LogP contribution in [-0.4, -0.2) is 24.5 Å². The fraction of sp³-hybridized carbons (Fsp3) is 0.300. The summed E-state index contributed by atoms with van der Waals surface area (Å²) in [4.78, 5) is 24.2. The van der Waals surface area contributed by atoms with Crippen molar-refractivity contribution in [2.75, 3.05) is 17.2 Å². The van der Waals surface area contributed by atoms with Crippen LogP contribution in [0.15, 0.2) is 48.5 Å². The van der Waals surface area contributed by atoms with Crippen LogP contribution in [0.5, 0.6) is 0 Å². The van der Waals surface area contributed by atoms with E-state index in [0.717, 1.165) is 36.2 Å². The fourth-order valence-electron chi connectivity index (χ4n) is 3.00. The Morgan fingerprint density at radius 2 is 1.78 bits per heavy atom. The quantitative estimate of drug-likeness (QED) is 0.633. The molecule has 3 rings (SSSR count). The Labute approximate surface area is 165 Å². The first-order chi connectivity index (χ1) is 12.6. The molecule has 1 heterocycles. The molecule has 1 aliphatic heterocycles. The molecule has 2 aromatic carbocycles. The molecular weight excluding hydrogens is 364 g/mol. The summed E-state index contributed by atoms with van der Waals surface area (Å²) in [6.45, 7) is 3.31. The maximum absolute atomic E-state index is 12.1. The Balaban J connectivity index is 0.00000261. The van der Waals surface area contributed by atoms with Gasteiger partial charge in [-0.05, 0) is 61.7 Å². The van der Waals surface area contributed by atoms with E-state index in [-0.39, 0.29) is 30.4 Å². The van der Waals surface area contributed by atoms with E-state index in [2.05, 4.69) is 21.3 Å². The zero-order valence-electron chi connectivity index (χ0n) is 15.2. The summed E-state index contributed by atoms with van der Waals surface area (Å²) in [5.41, 5.74) is 3.44. The van der Waals surface area contributed by atoms with Gasteiger partial charge in [0.2, 0.25) is 5.91 Å². The maximum atomic E-state index is 12.1. The molecule has 2 aromatic rings. The van der Waals surface area contributed by atoms with Crippen LogP contribution in [0, 0.1) is 6.92 Å². The van der Waals surface area contributed by atoms with Crippen molar-refractivity contribution in [1.29, 1.82) is 0 Å². The standard InChI is InChI=1S/C20H24N4O2.ClH/c1-14-5-2-7-16(11-14)23-20(26)24-17-8-3-6-15(12-17)13-22-19(25)18-9-4-10-21-18;/h2-3,5-8,11-12,18,21H,4,9-10,13H2,1H3,(H,22,25)(H2,23,24,26);1H. The number of amides is 3. The second kappa shape index (κ2) is 9.94. The van der Waals surface area contributed by atoms with Crippen molar-refractivity contribution in [2.24, 2.45) is 0 Å². The monoisotopic (exact) mass is 388 g/mol. The van der Waals surface area contributed by atoms with E-state index in [4.69, 9.17) is 0 Å². The minimum Gasteiger partial charge on any atom is -0.351 e. The minimum atomic E-state index is -0.299. The number of halogens is 1. The molecule has 3 amide bonds. The lowest BCUT2D eigenvalue weighted by Crippen LogP contribution is -2.40. The Hall–Kier alpha value is -2.57. The van der Waals surface area contributed by atoms with E-state index in [9.17, 15) is 9.59 Å². The molecule has 1 atom stereocenters. The van der Waals surface area contributed by atoms with Crippen molar-refractivity contribution in [3.63, 3.8) is 0 Å². The van der Waals surface area contributed by atoms with Gasteiger partial charge in [-0.3, -0.25) is 4.79 Å². The predicted molar refractivity (Wildman–Crippen MR) is 110 cm³/mol. The zero-order valence-corrected chi connectivity index (χ0v) is 16.1. The molecule has 0 aliphatic carbocycles. The normalized spacial score (nSPS) is 15.5. The Bertz CT molecular complexity index is 791. The number of anilines is 2. The van der Waals surface area contributed by atoms with E-state index in [1.807, 2.05) is 55.5 Å². The van der Waals surface area contributed by atoms with Crippen molar-refractivity contribution in [3.8, 4) is 0 Å². The third kappa shape index (κ3) is 6.27. The van der Waals surface area contributed by atoms with E-state index in [1.54, 1.807) is 0 Å².